The van der Waals surface area contributed by atoms with E-state index in [9.17, 15) is 13.2 Å². The Morgan fingerprint density at radius 3 is 2.17 bits per heavy atom. The molecule has 1 aliphatic heterocycles. The van der Waals surface area contributed by atoms with E-state index in [1.54, 1.807) is 12.1 Å². The number of rotatable bonds is 7. The molecule has 2 aromatic rings. The molecule has 3 rings (SSSR count). The smallest absolute Gasteiger partial charge is 0.232 e. The van der Waals surface area contributed by atoms with Crippen molar-refractivity contribution < 1.29 is 13.2 Å². The maximum Gasteiger partial charge on any atom is 0.232 e. The van der Waals surface area contributed by atoms with E-state index in [4.69, 9.17) is 0 Å². The summed E-state index contributed by atoms with van der Waals surface area (Å²) in [4.78, 5) is 16.8. The van der Waals surface area contributed by atoms with Gasteiger partial charge in [0, 0.05) is 44.8 Å². The van der Waals surface area contributed by atoms with Gasteiger partial charge in [-0.2, -0.15) is 0 Å². The molecule has 1 fully saturated rings. The van der Waals surface area contributed by atoms with Crippen LogP contribution in [0.3, 0.4) is 0 Å². The topological polar surface area (TPSA) is 60.9 Å². The largest absolute Gasteiger partial charge is 0.368 e. The van der Waals surface area contributed by atoms with Crippen molar-refractivity contribution >= 4 is 27.3 Å². The van der Waals surface area contributed by atoms with Crippen LogP contribution in [0, 0.1) is 6.92 Å². The maximum absolute atomic E-state index is 12.6. The van der Waals surface area contributed by atoms with E-state index in [0.717, 1.165) is 18.7 Å². The van der Waals surface area contributed by atoms with Crippen molar-refractivity contribution in [1.29, 1.82) is 0 Å². The van der Waals surface area contributed by atoms with Gasteiger partial charge in [-0.25, -0.2) is 8.42 Å². The first-order valence-corrected chi connectivity index (χ1v) is 11.8. The molecule has 2 aromatic carbocycles. The van der Waals surface area contributed by atoms with Crippen LogP contribution in [-0.4, -0.2) is 58.2 Å². The molecule has 0 bridgehead atoms. The van der Waals surface area contributed by atoms with Crippen LogP contribution in [-0.2, 0) is 14.8 Å². The Kier molecular flexibility index (Phi) is 6.79. The highest BCUT2D eigenvalue weighted by atomic mass is 32.2. The number of sulfonamides is 1. The van der Waals surface area contributed by atoms with Crippen molar-refractivity contribution in [1.82, 2.24) is 4.90 Å². The monoisotopic (exact) mass is 415 g/mol. The molecule has 156 valence electrons. The van der Waals surface area contributed by atoms with Crippen LogP contribution in [0.4, 0.5) is 11.4 Å². The summed E-state index contributed by atoms with van der Waals surface area (Å²) < 4.78 is 25.8. The average molecular weight is 416 g/mol. The molecule has 0 aliphatic carbocycles. The molecule has 0 unspecified atom stereocenters. The number of anilines is 2. The zero-order valence-electron chi connectivity index (χ0n) is 17.1. The first kappa shape index (κ1) is 21.2. The number of nitrogens with zero attached hydrogens (tertiary/aromatic N) is 3. The molecule has 0 spiro atoms. The van der Waals surface area contributed by atoms with Gasteiger partial charge < -0.3 is 9.80 Å². The highest BCUT2D eigenvalue weighted by Gasteiger charge is 2.22. The van der Waals surface area contributed by atoms with E-state index < -0.39 is 10.0 Å². The highest BCUT2D eigenvalue weighted by molar-refractivity contribution is 7.92. The van der Waals surface area contributed by atoms with Crippen LogP contribution in [0.15, 0.2) is 54.6 Å². The van der Waals surface area contributed by atoms with Gasteiger partial charge in [-0.05, 0) is 37.6 Å². The Balaban J connectivity index is 1.50. The standard InChI is InChI=1S/C22H29N3O3S/c1-19-10-12-21(13-11-19)25(29(2,27)28)14-6-9-22(26)24-17-15-23(16-18-24)20-7-4-3-5-8-20/h3-5,7-8,10-13H,6,9,14-18H2,1-2H3. The van der Waals surface area contributed by atoms with Crippen molar-refractivity contribution in [2.24, 2.45) is 0 Å². The van der Waals surface area contributed by atoms with Crippen molar-refractivity contribution in [3.63, 3.8) is 0 Å². The van der Waals surface area contributed by atoms with Crippen molar-refractivity contribution in [3.8, 4) is 0 Å². The summed E-state index contributed by atoms with van der Waals surface area (Å²) >= 11 is 0. The fourth-order valence-electron chi connectivity index (χ4n) is 3.58. The molecule has 7 heteroatoms. The lowest BCUT2D eigenvalue weighted by Crippen LogP contribution is -2.48. The molecule has 1 saturated heterocycles. The minimum Gasteiger partial charge on any atom is -0.368 e. The third-order valence-electron chi connectivity index (χ3n) is 5.23. The van der Waals surface area contributed by atoms with Gasteiger partial charge in [-0.1, -0.05) is 35.9 Å². The van der Waals surface area contributed by atoms with Gasteiger partial charge in [-0.3, -0.25) is 9.10 Å². The molecule has 1 aliphatic rings. The number of carbonyl (C=O) groups excluding carboxylic acids is 1. The van der Waals surface area contributed by atoms with E-state index in [1.807, 2.05) is 42.2 Å². The van der Waals surface area contributed by atoms with Gasteiger partial charge in [0.2, 0.25) is 15.9 Å². The summed E-state index contributed by atoms with van der Waals surface area (Å²) in [6, 6.07) is 17.6. The second-order valence-electron chi connectivity index (χ2n) is 7.48. The van der Waals surface area contributed by atoms with Crippen LogP contribution >= 0.6 is 0 Å². The molecule has 0 aromatic heterocycles. The predicted octanol–water partition coefficient (Wildman–Crippen LogP) is 2.89. The maximum atomic E-state index is 12.6. The van der Waals surface area contributed by atoms with E-state index in [2.05, 4.69) is 17.0 Å². The van der Waals surface area contributed by atoms with Crippen molar-refractivity contribution in [2.45, 2.75) is 19.8 Å². The fourth-order valence-corrected chi connectivity index (χ4v) is 4.55. The van der Waals surface area contributed by atoms with Gasteiger partial charge in [0.05, 0.1) is 11.9 Å². The number of carbonyl (C=O) groups is 1. The van der Waals surface area contributed by atoms with Gasteiger partial charge in [0.15, 0.2) is 0 Å². The molecular formula is C22H29N3O3S. The zero-order valence-corrected chi connectivity index (χ0v) is 17.9. The molecule has 0 radical (unpaired) electrons. The fraction of sp³-hybridized carbons (Fsp3) is 0.409. The Hall–Kier alpha value is -2.54. The minimum atomic E-state index is -3.39. The lowest BCUT2D eigenvalue weighted by Gasteiger charge is -2.36. The van der Waals surface area contributed by atoms with Crippen LogP contribution in [0.2, 0.25) is 0 Å². The molecule has 0 N–H and O–H groups in total. The lowest BCUT2D eigenvalue weighted by molar-refractivity contribution is -0.131. The predicted molar refractivity (Wildman–Crippen MR) is 118 cm³/mol. The molecule has 1 amide bonds. The van der Waals surface area contributed by atoms with Crippen molar-refractivity contribution in [3.05, 3.63) is 60.2 Å². The number of para-hydroxylation sites is 1. The lowest BCUT2D eigenvalue weighted by atomic mass is 10.2. The van der Waals surface area contributed by atoms with E-state index >= 15 is 0 Å². The van der Waals surface area contributed by atoms with E-state index in [1.165, 1.54) is 16.2 Å². The normalized spacial score (nSPS) is 14.7. The molecule has 1 heterocycles. The summed E-state index contributed by atoms with van der Waals surface area (Å²) in [5, 5.41) is 0. The first-order chi connectivity index (χ1) is 13.8. The summed E-state index contributed by atoms with van der Waals surface area (Å²) in [5.74, 6) is 0.0927. The van der Waals surface area contributed by atoms with Crippen LogP contribution < -0.4 is 9.21 Å². The zero-order chi connectivity index (χ0) is 20.9. The van der Waals surface area contributed by atoms with Crippen LogP contribution in [0.25, 0.3) is 0 Å². The second-order valence-corrected chi connectivity index (χ2v) is 9.38. The average Bonchev–Trinajstić information content (AvgIpc) is 2.72. The summed E-state index contributed by atoms with van der Waals surface area (Å²) in [6.07, 6.45) is 2.05. The number of amides is 1. The van der Waals surface area contributed by atoms with Crippen molar-refractivity contribution in [2.75, 3.05) is 48.2 Å². The molecule has 29 heavy (non-hydrogen) atoms. The number of hydrogen-bond acceptors (Lipinski definition) is 4. The van der Waals surface area contributed by atoms with E-state index in [0.29, 0.717) is 38.2 Å². The molecule has 6 nitrogen and oxygen atoms in total. The first-order valence-electron chi connectivity index (χ1n) is 9.97. The summed E-state index contributed by atoms with van der Waals surface area (Å²) in [7, 11) is -3.39. The van der Waals surface area contributed by atoms with Crippen LogP contribution in [0.1, 0.15) is 18.4 Å². The molecular weight excluding hydrogens is 386 g/mol. The molecule has 0 atom stereocenters. The van der Waals surface area contributed by atoms with Crippen LogP contribution in [0.5, 0.6) is 0 Å². The Morgan fingerprint density at radius 1 is 0.966 bits per heavy atom. The third-order valence-corrected chi connectivity index (χ3v) is 6.42. The van der Waals surface area contributed by atoms with E-state index in [-0.39, 0.29) is 5.91 Å². The van der Waals surface area contributed by atoms with Gasteiger partial charge in [0.25, 0.3) is 0 Å². The Bertz CT molecular complexity index is 906. The Morgan fingerprint density at radius 2 is 1.59 bits per heavy atom. The summed E-state index contributed by atoms with van der Waals surface area (Å²) in [6.45, 7) is 5.29. The quantitative estimate of drug-likeness (QED) is 0.698. The van der Waals surface area contributed by atoms with Gasteiger partial charge in [-0.15, -0.1) is 0 Å². The number of hydrogen-bond donors (Lipinski definition) is 0. The Labute approximate surface area is 173 Å². The minimum absolute atomic E-state index is 0.0927. The van der Waals surface area contributed by atoms with Gasteiger partial charge >= 0.3 is 0 Å². The summed E-state index contributed by atoms with van der Waals surface area (Å²) in [5.41, 5.74) is 2.90. The third kappa shape index (κ3) is 5.73. The highest BCUT2D eigenvalue weighted by Crippen LogP contribution is 2.20. The second kappa shape index (κ2) is 9.31. The SMILES string of the molecule is Cc1ccc(N(CCCC(=O)N2CCN(c3ccccc3)CC2)S(C)(=O)=O)cc1. The molecule has 0 saturated carbocycles. The number of benzene rings is 2. The number of aryl methyl sites for hydroxylation is 1. The van der Waals surface area contributed by atoms with Gasteiger partial charge in [0.1, 0.15) is 0 Å². The number of piperazine rings is 1.